The molecule has 0 spiro atoms. The number of amides is 1. The van der Waals surface area contributed by atoms with Crippen molar-refractivity contribution in [2.45, 2.75) is 20.0 Å². The number of carbonyl (C=O) groups excluding carboxylic acids is 1. The van der Waals surface area contributed by atoms with Crippen molar-refractivity contribution in [3.63, 3.8) is 0 Å². The topological polar surface area (TPSA) is 118 Å². The van der Waals surface area contributed by atoms with E-state index in [-0.39, 0.29) is 5.91 Å². The molecule has 3 N–H and O–H groups in total. The highest BCUT2D eigenvalue weighted by Gasteiger charge is 2.27. The zero-order valence-corrected chi connectivity index (χ0v) is 25.5. The standard InChI is InChI=1S/C30H30Cl2N8O3/c1-6-24(41)36-20-9-7-8-17(2)27(20)37-30-34-13-19-15-40(29-25(31)22(42-4)10-23(43-5)26(29)32)16-21(28(19)38-30)33-11-18-12-35-39(3)14-18/h6-10,12-14,16,33H,1,11,15H2,2-5H3,(H,36,41)(H,34,37,38). The lowest BCUT2D eigenvalue weighted by Gasteiger charge is -2.31. The van der Waals surface area contributed by atoms with Crippen LogP contribution in [0.3, 0.4) is 0 Å². The summed E-state index contributed by atoms with van der Waals surface area (Å²) in [4.78, 5) is 23.4. The van der Waals surface area contributed by atoms with E-state index in [0.29, 0.717) is 69.0 Å². The predicted octanol–water partition coefficient (Wildman–Crippen LogP) is 5.82. The van der Waals surface area contributed by atoms with Crippen molar-refractivity contribution in [2.24, 2.45) is 7.05 Å². The number of carbonyl (C=O) groups is 1. The maximum atomic E-state index is 12.0. The number of rotatable bonds is 10. The van der Waals surface area contributed by atoms with Crippen molar-refractivity contribution < 1.29 is 14.3 Å². The molecule has 2 aromatic carbocycles. The van der Waals surface area contributed by atoms with E-state index in [9.17, 15) is 4.79 Å². The molecule has 0 aliphatic carbocycles. The molecule has 0 bridgehead atoms. The summed E-state index contributed by atoms with van der Waals surface area (Å²) in [6, 6.07) is 7.23. The van der Waals surface area contributed by atoms with Crippen LogP contribution in [0.15, 0.2) is 61.7 Å². The molecule has 1 aliphatic rings. The SMILES string of the molecule is C=CC(=O)Nc1cccc(C)c1Nc1ncc2c(n1)C(NCc1cnn(C)c1)=CN(c1c(Cl)c(OC)cc(OC)c1Cl)C2. The number of halogens is 2. The second-order valence-electron chi connectivity index (χ2n) is 9.69. The number of fused-ring (bicyclic) bond motifs is 1. The van der Waals surface area contributed by atoms with Crippen LogP contribution in [-0.4, -0.2) is 39.9 Å². The molecule has 0 unspecified atom stereocenters. The maximum absolute atomic E-state index is 12.0. The number of para-hydroxylation sites is 1. The highest BCUT2D eigenvalue weighted by molar-refractivity contribution is 6.41. The van der Waals surface area contributed by atoms with Crippen LogP contribution in [0.25, 0.3) is 5.70 Å². The van der Waals surface area contributed by atoms with E-state index in [0.717, 1.165) is 16.7 Å². The predicted molar refractivity (Wildman–Crippen MR) is 169 cm³/mol. The summed E-state index contributed by atoms with van der Waals surface area (Å²) in [5.74, 6) is 0.880. The number of aryl methyl sites for hydroxylation is 2. The lowest BCUT2D eigenvalue weighted by molar-refractivity contribution is -0.111. The van der Waals surface area contributed by atoms with Gasteiger partial charge in [-0.3, -0.25) is 9.48 Å². The number of nitrogens with zero attached hydrogens (tertiary/aromatic N) is 5. The second-order valence-corrected chi connectivity index (χ2v) is 10.4. The summed E-state index contributed by atoms with van der Waals surface area (Å²) in [5.41, 5.74) is 5.87. The minimum Gasteiger partial charge on any atom is -0.495 e. The normalized spacial score (nSPS) is 12.2. The van der Waals surface area contributed by atoms with Crippen LogP contribution in [0.4, 0.5) is 23.0 Å². The lowest BCUT2D eigenvalue weighted by atomic mass is 10.1. The summed E-state index contributed by atoms with van der Waals surface area (Å²) in [6.07, 6.45) is 8.58. The van der Waals surface area contributed by atoms with Gasteiger partial charge in [-0.05, 0) is 24.6 Å². The van der Waals surface area contributed by atoms with Crippen molar-refractivity contribution >= 4 is 57.8 Å². The van der Waals surface area contributed by atoms with Crippen LogP contribution in [0.1, 0.15) is 22.4 Å². The fraction of sp³-hybridized carbons (Fsp3) is 0.200. The molecule has 13 heteroatoms. The zero-order chi connectivity index (χ0) is 30.7. The second kappa shape index (κ2) is 12.6. The van der Waals surface area contributed by atoms with E-state index in [1.54, 1.807) is 29.2 Å². The Labute approximate surface area is 259 Å². The Morgan fingerprint density at radius 1 is 1.16 bits per heavy atom. The van der Waals surface area contributed by atoms with Gasteiger partial charge >= 0.3 is 0 Å². The number of anilines is 4. The zero-order valence-electron chi connectivity index (χ0n) is 24.0. The summed E-state index contributed by atoms with van der Waals surface area (Å²) in [7, 11) is 4.93. The quantitative estimate of drug-likeness (QED) is 0.188. The van der Waals surface area contributed by atoms with Gasteiger partial charge in [0.15, 0.2) is 0 Å². The van der Waals surface area contributed by atoms with E-state index in [1.165, 1.54) is 20.3 Å². The van der Waals surface area contributed by atoms with Crippen LogP contribution in [0.2, 0.25) is 10.0 Å². The number of benzene rings is 2. The third-order valence-electron chi connectivity index (χ3n) is 6.78. The van der Waals surface area contributed by atoms with Gasteiger partial charge in [0.1, 0.15) is 21.5 Å². The number of ether oxygens (including phenoxy) is 2. The van der Waals surface area contributed by atoms with Crippen LogP contribution >= 0.6 is 23.2 Å². The first kappa shape index (κ1) is 29.7. The highest BCUT2D eigenvalue weighted by atomic mass is 35.5. The van der Waals surface area contributed by atoms with Crippen LogP contribution in [-0.2, 0) is 24.9 Å². The van der Waals surface area contributed by atoms with Crippen molar-refractivity contribution in [1.82, 2.24) is 25.1 Å². The number of hydrogen-bond acceptors (Lipinski definition) is 9. The first-order valence-corrected chi connectivity index (χ1v) is 13.9. The van der Waals surface area contributed by atoms with Crippen molar-refractivity contribution in [3.8, 4) is 11.5 Å². The average Bonchev–Trinajstić information content (AvgIpc) is 3.42. The molecule has 0 saturated heterocycles. The molecule has 0 saturated carbocycles. The largest absolute Gasteiger partial charge is 0.495 e. The summed E-state index contributed by atoms with van der Waals surface area (Å²) in [5, 5.41) is 14.5. The van der Waals surface area contributed by atoms with E-state index in [2.05, 4.69) is 32.6 Å². The third kappa shape index (κ3) is 6.23. The van der Waals surface area contributed by atoms with Crippen molar-refractivity contribution in [1.29, 1.82) is 0 Å². The minimum absolute atomic E-state index is 0.323. The molecule has 3 heterocycles. The molecule has 0 radical (unpaired) electrons. The van der Waals surface area contributed by atoms with Gasteiger partial charge in [0, 0.05) is 49.4 Å². The molecule has 0 fully saturated rings. The van der Waals surface area contributed by atoms with Crippen molar-refractivity contribution in [2.75, 3.05) is 29.8 Å². The average molecular weight is 622 g/mol. The Morgan fingerprint density at radius 3 is 2.56 bits per heavy atom. The molecule has 11 nitrogen and oxygen atoms in total. The lowest BCUT2D eigenvalue weighted by Crippen LogP contribution is -2.28. The highest BCUT2D eigenvalue weighted by Crippen LogP contribution is 2.47. The first-order chi connectivity index (χ1) is 20.7. The number of hydrogen-bond donors (Lipinski definition) is 3. The molecule has 222 valence electrons. The van der Waals surface area contributed by atoms with E-state index < -0.39 is 0 Å². The molecular formula is C30H30Cl2N8O3. The van der Waals surface area contributed by atoms with Gasteiger partial charge < -0.3 is 30.3 Å². The molecule has 4 aromatic rings. The van der Waals surface area contributed by atoms with Gasteiger partial charge in [0.2, 0.25) is 11.9 Å². The fourth-order valence-electron chi connectivity index (χ4n) is 4.65. The smallest absolute Gasteiger partial charge is 0.247 e. The Balaban J connectivity index is 1.56. The number of methoxy groups -OCH3 is 2. The third-order valence-corrected chi connectivity index (χ3v) is 7.51. The summed E-state index contributed by atoms with van der Waals surface area (Å²) in [6.45, 7) is 6.32. The van der Waals surface area contributed by atoms with Crippen LogP contribution < -0.4 is 30.3 Å². The molecule has 1 amide bonds. The van der Waals surface area contributed by atoms with Gasteiger partial charge in [-0.15, -0.1) is 0 Å². The van der Waals surface area contributed by atoms with Gasteiger partial charge in [0.05, 0.1) is 55.4 Å². The van der Waals surface area contributed by atoms with Gasteiger partial charge in [-0.25, -0.2) is 9.97 Å². The van der Waals surface area contributed by atoms with Crippen LogP contribution in [0.5, 0.6) is 11.5 Å². The summed E-state index contributed by atoms with van der Waals surface area (Å²) < 4.78 is 12.7. The van der Waals surface area contributed by atoms with Gasteiger partial charge in [-0.2, -0.15) is 5.10 Å². The first-order valence-electron chi connectivity index (χ1n) is 13.2. The molecule has 0 atom stereocenters. The van der Waals surface area contributed by atoms with Crippen LogP contribution in [0, 0.1) is 6.92 Å². The molecule has 2 aromatic heterocycles. The number of nitrogens with one attached hydrogen (secondary N) is 3. The molecule has 43 heavy (non-hydrogen) atoms. The van der Waals surface area contributed by atoms with Crippen molar-refractivity contribution in [3.05, 3.63) is 94.1 Å². The van der Waals surface area contributed by atoms with E-state index in [1.807, 2.05) is 43.4 Å². The van der Waals surface area contributed by atoms with E-state index in [4.69, 9.17) is 37.7 Å². The van der Waals surface area contributed by atoms with Gasteiger partial charge in [0.25, 0.3) is 0 Å². The Morgan fingerprint density at radius 2 is 1.91 bits per heavy atom. The molecule has 5 rings (SSSR count). The Hall–Kier alpha value is -4.74. The monoisotopic (exact) mass is 620 g/mol. The Bertz CT molecular complexity index is 1710. The minimum atomic E-state index is -0.323. The van der Waals surface area contributed by atoms with Gasteiger partial charge in [-0.1, -0.05) is 41.9 Å². The number of aromatic nitrogens is 4. The summed E-state index contributed by atoms with van der Waals surface area (Å²) >= 11 is 13.5. The maximum Gasteiger partial charge on any atom is 0.247 e. The molecular weight excluding hydrogens is 591 g/mol. The van der Waals surface area contributed by atoms with E-state index >= 15 is 0 Å². The Kier molecular flexibility index (Phi) is 8.74. The molecule has 1 aliphatic heterocycles. The fourth-order valence-corrected chi connectivity index (χ4v) is 5.37.